The summed E-state index contributed by atoms with van der Waals surface area (Å²) >= 11 is 0. The Labute approximate surface area is 80.0 Å². The summed E-state index contributed by atoms with van der Waals surface area (Å²) < 4.78 is 5.33. The van der Waals surface area contributed by atoms with Crippen LogP contribution in [0.25, 0.3) is 0 Å². The van der Waals surface area contributed by atoms with Gasteiger partial charge in [0, 0.05) is 12.3 Å². The molecule has 13 heavy (non-hydrogen) atoms. The van der Waals surface area contributed by atoms with Crippen LogP contribution >= 0.6 is 0 Å². The van der Waals surface area contributed by atoms with E-state index >= 15 is 0 Å². The molecule has 0 saturated carbocycles. The van der Waals surface area contributed by atoms with E-state index in [1.54, 1.807) is 0 Å². The summed E-state index contributed by atoms with van der Waals surface area (Å²) in [6.45, 7) is 8.21. The van der Waals surface area contributed by atoms with Crippen LogP contribution < -0.4 is 0 Å². The molecule has 1 heterocycles. The molecule has 74 valence electrons. The minimum atomic E-state index is -0.269. The first-order valence-corrected chi connectivity index (χ1v) is 4.79. The average Bonchev–Trinajstić information content (AvgIpc) is 2.23. The summed E-state index contributed by atoms with van der Waals surface area (Å²) in [7, 11) is 0. The molecule has 0 aromatic carbocycles. The van der Waals surface area contributed by atoms with E-state index in [1.807, 2.05) is 6.92 Å². The number of allylic oxidation sites excluding steroid dienone is 1. The highest BCUT2D eigenvalue weighted by Gasteiger charge is 2.41. The topological polar surface area (TPSA) is 26.3 Å². The van der Waals surface area contributed by atoms with Gasteiger partial charge in [0.2, 0.25) is 0 Å². The number of carbonyl (C=O) groups is 1. The van der Waals surface area contributed by atoms with Crippen LogP contribution in [0.3, 0.4) is 0 Å². The first-order valence-electron chi connectivity index (χ1n) is 4.79. The first kappa shape index (κ1) is 10.3. The summed E-state index contributed by atoms with van der Waals surface area (Å²) in [4.78, 5) is 11.1. The Morgan fingerprint density at radius 1 is 1.69 bits per heavy atom. The van der Waals surface area contributed by atoms with Gasteiger partial charge >= 0.3 is 5.97 Å². The Hall–Kier alpha value is -0.790. The lowest BCUT2D eigenvalue weighted by Gasteiger charge is -2.25. The van der Waals surface area contributed by atoms with Crippen molar-refractivity contribution < 1.29 is 9.53 Å². The molecule has 1 saturated heterocycles. The highest BCUT2D eigenvalue weighted by Crippen LogP contribution is 2.35. The smallest absolute Gasteiger partial charge is 0.306 e. The van der Waals surface area contributed by atoms with Crippen molar-refractivity contribution in [3.05, 3.63) is 11.6 Å². The monoisotopic (exact) mass is 182 g/mol. The predicted octanol–water partition coefficient (Wildman–Crippen LogP) is 2.68. The van der Waals surface area contributed by atoms with Crippen molar-refractivity contribution in [2.24, 2.45) is 5.92 Å². The SMILES string of the molecule is CC(C)=CC[C@@]1(C)OC(=O)C[C@H]1C. The molecule has 0 aromatic rings. The molecule has 2 atom stereocenters. The van der Waals surface area contributed by atoms with Gasteiger partial charge in [-0.15, -0.1) is 0 Å². The Morgan fingerprint density at radius 2 is 2.31 bits per heavy atom. The van der Waals surface area contributed by atoms with Crippen LogP contribution in [-0.2, 0) is 9.53 Å². The lowest BCUT2D eigenvalue weighted by atomic mass is 9.87. The molecule has 0 radical (unpaired) electrons. The number of rotatable bonds is 2. The van der Waals surface area contributed by atoms with Crippen molar-refractivity contribution in [1.82, 2.24) is 0 Å². The number of ether oxygens (including phenoxy) is 1. The van der Waals surface area contributed by atoms with E-state index in [2.05, 4.69) is 26.8 Å². The Bertz CT molecular complexity index is 238. The van der Waals surface area contributed by atoms with Crippen molar-refractivity contribution in [1.29, 1.82) is 0 Å². The minimum Gasteiger partial charge on any atom is -0.459 e. The zero-order chi connectivity index (χ0) is 10.1. The molecular weight excluding hydrogens is 164 g/mol. The minimum absolute atomic E-state index is 0.0582. The fraction of sp³-hybridized carbons (Fsp3) is 0.727. The van der Waals surface area contributed by atoms with Crippen molar-refractivity contribution in [3.63, 3.8) is 0 Å². The standard InChI is InChI=1S/C11H18O2/c1-8(2)5-6-11(4)9(3)7-10(12)13-11/h5,9H,6-7H2,1-4H3/t9-,11-/m1/s1. The quantitative estimate of drug-likeness (QED) is 0.485. The maximum atomic E-state index is 11.1. The zero-order valence-corrected chi connectivity index (χ0v) is 8.89. The van der Waals surface area contributed by atoms with Crippen LogP contribution in [-0.4, -0.2) is 11.6 Å². The van der Waals surface area contributed by atoms with Crippen molar-refractivity contribution in [2.75, 3.05) is 0 Å². The van der Waals surface area contributed by atoms with Crippen LogP contribution in [0, 0.1) is 5.92 Å². The zero-order valence-electron chi connectivity index (χ0n) is 8.89. The normalized spacial score (nSPS) is 32.9. The van der Waals surface area contributed by atoms with E-state index in [9.17, 15) is 4.79 Å². The lowest BCUT2D eigenvalue weighted by Crippen LogP contribution is -2.29. The third-order valence-corrected chi connectivity index (χ3v) is 2.78. The van der Waals surface area contributed by atoms with E-state index in [-0.39, 0.29) is 11.6 Å². The van der Waals surface area contributed by atoms with Crippen LogP contribution in [0.5, 0.6) is 0 Å². The molecule has 0 unspecified atom stereocenters. The highest BCUT2D eigenvalue weighted by atomic mass is 16.6. The average molecular weight is 182 g/mol. The number of hydrogen-bond donors (Lipinski definition) is 0. The van der Waals surface area contributed by atoms with Crippen LogP contribution in [0.4, 0.5) is 0 Å². The number of hydrogen-bond acceptors (Lipinski definition) is 2. The molecule has 2 nitrogen and oxygen atoms in total. The number of cyclic esters (lactones) is 1. The van der Waals surface area contributed by atoms with Gasteiger partial charge in [-0.05, 0) is 20.8 Å². The molecule has 0 aromatic heterocycles. The van der Waals surface area contributed by atoms with Gasteiger partial charge < -0.3 is 4.74 Å². The Kier molecular flexibility index (Phi) is 2.79. The number of esters is 1. The third kappa shape index (κ3) is 2.33. The largest absolute Gasteiger partial charge is 0.459 e. The van der Waals surface area contributed by atoms with E-state index in [1.165, 1.54) is 5.57 Å². The Balaban J connectivity index is 2.66. The molecule has 0 aliphatic carbocycles. The number of carbonyl (C=O) groups excluding carboxylic acids is 1. The second kappa shape index (κ2) is 3.52. The molecule has 1 fully saturated rings. The highest BCUT2D eigenvalue weighted by molar-refractivity contribution is 5.72. The van der Waals surface area contributed by atoms with Gasteiger partial charge in [-0.3, -0.25) is 4.79 Å². The van der Waals surface area contributed by atoms with Crippen molar-refractivity contribution in [2.45, 2.75) is 46.1 Å². The molecule has 2 heteroatoms. The van der Waals surface area contributed by atoms with Gasteiger partial charge in [-0.25, -0.2) is 0 Å². The second-order valence-corrected chi connectivity index (χ2v) is 4.38. The van der Waals surface area contributed by atoms with E-state index in [0.29, 0.717) is 12.3 Å². The summed E-state index contributed by atoms with van der Waals surface area (Å²) in [5.74, 6) is 0.271. The lowest BCUT2D eigenvalue weighted by molar-refractivity contribution is -0.147. The fourth-order valence-electron chi connectivity index (χ4n) is 1.52. The first-order chi connectivity index (χ1) is 5.94. The summed E-state index contributed by atoms with van der Waals surface area (Å²) in [5.41, 5.74) is 1.00. The summed E-state index contributed by atoms with van der Waals surface area (Å²) in [6, 6.07) is 0. The molecule has 0 bridgehead atoms. The maximum absolute atomic E-state index is 11.1. The second-order valence-electron chi connectivity index (χ2n) is 4.38. The van der Waals surface area contributed by atoms with Crippen LogP contribution in [0.15, 0.2) is 11.6 Å². The van der Waals surface area contributed by atoms with Gasteiger partial charge in [-0.1, -0.05) is 18.6 Å². The maximum Gasteiger partial charge on any atom is 0.306 e. The molecule has 0 N–H and O–H groups in total. The molecular formula is C11H18O2. The predicted molar refractivity (Wildman–Crippen MR) is 52.3 cm³/mol. The van der Waals surface area contributed by atoms with Gasteiger partial charge in [0.1, 0.15) is 5.60 Å². The van der Waals surface area contributed by atoms with E-state index < -0.39 is 0 Å². The fourth-order valence-corrected chi connectivity index (χ4v) is 1.52. The van der Waals surface area contributed by atoms with Gasteiger partial charge in [0.25, 0.3) is 0 Å². The van der Waals surface area contributed by atoms with Gasteiger partial charge in [0.05, 0.1) is 6.42 Å². The van der Waals surface area contributed by atoms with E-state index in [4.69, 9.17) is 4.74 Å². The summed E-state index contributed by atoms with van der Waals surface area (Å²) in [5, 5.41) is 0. The summed E-state index contributed by atoms with van der Waals surface area (Å²) in [6.07, 6.45) is 3.53. The van der Waals surface area contributed by atoms with Crippen molar-refractivity contribution >= 4 is 5.97 Å². The Morgan fingerprint density at radius 3 is 2.69 bits per heavy atom. The van der Waals surface area contributed by atoms with Gasteiger partial charge in [-0.2, -0.15) is 0 Å². The molecule has 0 amide bonds. The van der Waals surface area contributed by atoms with Crippen molar-refractivity contribution in [3.8, 4) is 0 Å². The molecule has 1 rings (SSSR count). The third-order valence-electron chi connectivity index (χ3n) is 2.78. The van der Waals surface area contributed by atoms with E-state index in [0.717, 1.165) is 6.42 Å². The van der Waals surface area contributed by atoms with Crippen LogP contribution in [0.2, 0.25) is 0 Å². The molecule has 0 spiro atoms. The van der Waals surface area contributed by atoms with Crippen LogP contribution in [0.1, 0.15) is 40.5 Å². The molecule has 1 aliphatic rings. The molecule has 1 aliphatic heterocycles. The van der Waals surface area contributed by atoms with Gasteiger partial charge in [0.15, 0.2) is 0 Å².